The summed E-state index contributed by atoms with van der Waals surface area (Å²) in [5, 5.41) is 17.6. The second-order valence-corrected chi connectivity index (χ2v) is 9.16. The number of aryl methyl sites for hydroxylation is 1. The Morgan fingerprint density at radius 1 is 1.16 bits per heavy atom. The minimum absolute atomic E-state index is 0.178. The third-order valence-corrected chi connectivity index (χ3v) is 6.49. The molecule has 3 aromatic rings. The summed E-state index contributed by atoms with van der Waals surface area (Å²) in [5.74, 6) is -0.904. The Balaban J connectivity index is 0.000000263. The molecule has 202 valence electrons. The van der Waals surface area contributed by atoms with E-state index >= 15 is 0 Å². The monoisotopic (exact) mass is 537 g/mol. The number of fused-ring (bicyclic) bond motifs is 1. The smallest absolute Gasteiger partial charge is 0.383 e. The van der Waals surface area contributed by atoms with Gasteiger partial charge in [-0.3, -0.25) is 14.5 Å². The predicted octanol–water partition coefficient (Wildman–Crippen LogP) is 5.81. The van der Waals surface area contributed by atoms with Crippen LogP contribution in [0.4, 0.5) is 14.6 Å². The number of aromatic nitrogens is 3. The Morgan fingerprint density at radius 2 is 1.81 bits per heavy atom. The maximum atomic E-state index is 13.4. The summed E-state index contributed by atoms with van der Waals surface area (Å²) < 4.78 is 28.4. The van der Waals surface area contributed by atoms with Gasteiger partial charge >= 0.3 is 11.1 Å². The number of pyridine rings is 1. The maximum absolute atomic E-state index is 13.4. The van der Waals surface area contributed by atoms with Crippen LogP contribution in [-0.2, 0) is 19.5 Å². The first-order chi connectivity index (χ1) is 17.6. The van der Waals surface area contributed by atoms with E-state index in [-0.39, 0.29) is 11.1 Å². The summed E-state index contributed by atoms with van der Waals surface area (Å²) >= 11 is 5.74. The van der Waals surface area contributed by atoms with E-state index in [1.165, 1.54) is 23.9 Å². The highest BCUT2D eigenvalue weighted by Crippen LogP contribution is 2.27. The summed E-state index contributed by atoms with van der Waals surface area (Å²) in [6, 6.07) is 5.47. The van der Waals surface area contributed by atoms with Crippen LogP contribution in [-0.4, -0.2) is 49.7 Å². The zero-order valence-electron chi connectivity index (χ0n) is 21.8. The summed E-state index contributed by atoms with van der Waals surface area (Å²) in [6.45, 7) is 11.9. The molecule has 1 aromatic carbocycles. The topological polar surface area (TPSA) is 97.3 Å². The summed E-state index contributed by atoms with van der Waals surface area (Å²) in [7, 11) is 1.00. The lowest BCUT2D eigenvalue weighted by atomic mass is 9.98. The van der Waals surface area contributed by atoms with Gasteiger partial charge < -0.3 is 15.2 Å². The van der Waals surface area contributed by atoms with Gasteiger partial charge in [-0.1, -0.05) is 27.2 Å². The van der Waals surface area contributed by atoms with E-state index in [1.54, 1.807) is 4.57 Å². The van der Waals surface area contributed by atoms with Gasteiger partial charge in [-0.05, 0) is 70.2 Å². The zero-order chi connectivity index (χ0) is 27.7. The van der Waals surface area contributed by atoms with Crippen LogP contribution in [0.1, 0.15) is 44.0 Å². The molecule has 1 unspecified atom stereocenters. The molecule has 1 aliphatic rings. The number of hydrogen-bond donors (Lipinski definition) is 1. The summed E-state index contributed by atoms with van der Waals surface area (Å²) in [6.07, 6.45) is 3.26. The van der Waals surface area contributed by atoms with Crippen LogP contribution in [0.15, 0.2) is 30.5 Å². The van der Waals surface area contributed by atoms with Gasteiger partial charge in [-0.15, -0.1) is 0 Å². The fourth-order valence-corrected chi connectivity index (χ4v) is 4.14. The van der Waals surface area contributed by atoms with Crippen molar-refractivity contribution in [1.29, 1.82) is 0 Å². The average Bonchev–Trinajstić information content (AvgIpc) is 3.25. The molecule has 3 heterocycles. The molecule has 11 heteroatoms. The standard InChI is InChI=1S/C17H18F2N2.C8H12ClN3O2.CH4O/c1-3-21-5-4-16-15(10-21)11(2)6-17(20-16)12-7-13(18)9-14(19)8-12;1-3-6(2)4-11-5-7(12(13)14)10-8(11)9;1-2/h6-9H,3-5,10H2,1-2H3;5-6H,3-4H2,1-2H3;2H,1H3. The van der Waals surface area contributed by atoms with Crippen molar-refractivity contribution in [3.63, 3.8) is 0 Å². The summed E-state index contributed by atoms with van der Waals surface area (Å²) in [4.78, 5) is 20.5. The lowest BCUT2D eigenvalue weighted by Gasteiger charge is -2.28. The largest absolute Gasteiger partial charge is 0.400 e. The van der Waals surface area contributed by atoms with E-state index < -0.39 is 16.6 Å². The first-order valence-electron chi connectivity index (χ1n) is 12.1. The fraction of sp³-hybridized carbons (Fsp3) is 0.462. The van der Waals surface area contributed by atoms with Gasteiger partial charge in [0.15, 0.2) is 0 Å². The molecule has 1 aliphatic heterocycles. The third-order valence-electron chi connectivity index (χ3n) is 6.19. The van der Waals surface area contributed by atoms with Gasteiger partial charge in [0.05, 0.1) is 5.69 Å². The average molecular weight is 538 g/mol. The SMILES string of the molecule is CCC(C)Cn1cc([N+](=O)[O-])nc1Cl.CCN1CCc2nc(-c3cc(F)cc(F)c3)cc(C)c2C1.CO. The van der Waals surface area contributed by atoms with Crippen molar-refractivity contribution < 1.29 is 18.8 Å². The van der Waals surface area contributed by atoms with Crippen molar-refractivity contribution in [2.45, 2.75) is 53.6 Å². The molecule has 0 fully saturated rings. The van der Waals surface area contributed by atoms with E-state index in [4.69, 9.17) is 16.7 Å². The van der Waals surface area contributed by atoms with Crippen molar-refractivity contribution >= 4 is 17.4 Å². The molecule has 0 aliphatic carbocycles. The quantitative estimate of drug-likeness (QED) is 0.315. The molecule has 0 amide bonds. The van der Waals surface area contributed by atoms with Crippen molar-refractivity contribution in [3.05, 3.63) is 74.3 Å². The van der Waals surface area contributed by atoms with Crippen LogP contribution in [0.25, 0.3) is 11.3 Å². The highest BCUT2D eigenvalue weighted by Gasteiger charge is 2.20. The van der Waals surface area contributed by atoms with Gasteiger partial charge in [0.25, 0.3) is 0 Å². The Hall–Kier alpha value is -2.95. The Bertz CT molecular complexity index is 1180. The van der Waals surface area contributed by atoms with Crippen LogP contribution in [0.2, 0.25) is 5.28 Å². The Labute approximate surface area is 221 Å². The van der Waals surface area contributed by atoms with Crippen molar-refractivity contribution in [2.24, 2.45) is 5.92 Å². The highest BCUT2D eigenvalue weighted by molar-refractivity contribution is 6.28. The minimum atomic E-state index is -0.570. The third kappa shape index (κ3) is 8.28. The molecule has 4 rings (SSSR count). The molecular weight excluding hydrogens is 504 g/mol. The van der Waals surface area contributed by atoms with Crippen LogP contribution < -0.4 is 0 Å². The molecule has 0 saturated heterocycles. The van der Waals surface area contributed by atoms with Crippen molar-refractivity contribution in [1.82, 2.24) is 19.4 Å². The van der Waals surface area contributed by atoms with Gasteiger partial charge in [0.2, 0.25) is 0 Å². The number of nitro groups is 1. The number of imidazole rings is 1. The number of halogens is 3. The van der Waals surface area contributed by atoms with E-state index in [2.05, 4.69) is 35.6 Å². The Morgan fingerprint density at radius 3 is 2.35 bits per heavy atom. The number of nitrogens with zero attached hydrogens (tertiary/aromatic N) is 5. The number of aliphatic hydroxyl groups is 1. The highest BCUT2D eigenvalue weighted by atomic mass is 35.5. The van der Waals surface area contributed by atoms with Crippen LogP contribution >= 0.6 is 11.6 Å². The first-order valence-corrected chi connectivity index (χ1v) is 12.5. The van der Waals surface area contributed by atoms with Crippen molar-refractivity contribution in [2.75, 3.05) is 20.2 Å². The molecule has 0 saturated carbocycles. The molecule has 37 heavy (non-hydrogen) atoms. The normalized spacial score (nSPS) is 13.5. The van der Waals surface area contributed by atoms with Gasteiger partial charge in [0.1, 0.15) is 17.8 Å². The van der Waals surface area contributed by atoms with Gasteiger partial charge in [0, 0.05) is 50.5 Å². The summed E-state index contributed by atoms with van der Waals surface area (Å²) in [5.41, 5.74) is 4.59. The maximum Gasteiger partial charge on any atom is 0.383 e. The minimum Gasteiger partial charge on any atom is -0.400 e. The molecular formula is C26H34ClF2N5O3. The van der Waals surface area contributed by atoms with Crippen molar-refractivity contribution in [3.8, 4) is 11.3 Å². The number of aliphatic hydroxyl groups excluding tert-OH is 1. The van der Waals surface area contributed by atoms with Crippen LogP contribution in [0.5, 0.6) is 0 Å². The second kappa shape index (κ2) is 14.1. The molecule has 1 N–H and O–H groups in total. The number of benzene rings is 1. The molecule has 0 radical (unpaired) electrons. The number of likely N-dealkylation sites (N-methyl/N-ethyl adjacent to an activating group) is 1. The molecule has 2 aromatic heterocycles. The van der Waals surface area contributed by atoms with Crippen LogP contribution in [0, 0.1) is 34.6 Å². The molecule has 8 nitrogen and oxygen atoms in total. The number of hydrogen-bond acceptors (Lipinski definition) is 6. The predicted molar refractivity (Wildman–Crippen MR) is 140 cm³/mol. The Kier molecular flexibility index (Phi) is 11.5. The molecule has 0 spiro atoms. The molecule has 1 atom stereocenters. The van der Waals surface area contributed by atoms with Gasteiger partial charge in [-0.25, -0.2) is 8.78 Å². The van der Waals surface area contributed by atoms with Gasteiger partial charge in [-0.2, -0.15) is 0 Å². The first kappa shape index (κ1) is 30.3. The van der Waals surface area contributed by atoms with E-state index in [1.807, 2.05) is 13.0 Å². The van der Waals surface area contributed by atoms with E-state index in [0.717, 1.165) is 56.9 Å². The number of rotatable bonds is 6. The van der Waals surface area contributed by atoms with E-state index in [9.17, 15) is 18.9 Å². The lowest BCUT2D eigenvalue weighted by Crippen LogP contribution is -2.31. The molecule has 0 bridgehead atoms. The fourth-order valence-electron chi connectivity index (χ4n) is 3.94. The second-order valence-electron chi connectivity index (χ2n) is 8.82. The lowest BCUT2D eigenvalue weighted by molar-refractivity contribution is -0.389. The zero-order valence-corrected chi connectivity index (χ0v) is 22.6. The van der Waals surface area contributed by atoms with Crippen LogP contribution in [0.3, 0.4) is 0 Å². The van der Waals surface area contributed by atoms with E-state index in [0.29, 0.717) is 23.7 Å².